The van der Waals surface area contributed by atoms with Gasteiger partial charge in [-0.1, -0.05) is 11.6 Å². The van der Waals surface area contributed by atoms with E-state index in [0.717, 1.165) is 27.8 Å². The molecule has 28 heavy (non-hydrogen) atoms. The molecule has 1 aromatic heterocycles. The van der Waals surface area contributed by atoms with E-state index in [2.05, 4.69) is 9.97 Å². The van der Waals surface area contributed by atoms with Crippen LogP contribution >= 0.6 is 0 Å². The van der Waals surface area contributed by atoms with E-state index in [-0.39, 0.29) is 0 Å². The second-order valence-electron chi connectivity index (χ2n) is 6.60. The number of hydrogen-bond acceptors (Lipinski definition) is 5. The number of aryl methyl sites for hydroxylation is 1. The molecule has 0 amide bonds. The van der Waals surface area contributed by atoms with Crippen LogP contribution in [-0.4, -0.2) is 46.4 Å². The van der Waals surface area contributed by atoms with Crippen LogP contribution in [0.25, 0.3) is 11.0 Å². The number of nitrogens with zero attached hydrogens (tertiary/aromatic N) is 2. The maximum absolute atomic E-state index is 12.1. The highest BCUT2D eigenvalue weighted by Crippen LogP contribution is 2.32. The van der Waals surface area contributed by atoms with E-state index in [1.165, 1.54) is 0 Å². The van der Waals surface area contributed by atoms with Gasteiger partial charge in [0.1, 0.15) is 16.1 Å². The van der Waals surface area contributed by atoms with Gasteiger partial charge in [0.2, 0.25) is 0 Å². The molecule has 0 saturated heterocycles. The van der Waals surface area contributed by atoms with Gasteiger partial charge in [0.25, 0.3) is 0 Å². The molecular formula is C21H25N3O3S. The minimum atomic E-state index is 0.444. The molecule has 0 bridgehead atoms. The van der Waals surface area contributed by atoms with Crippen molar-refractivity contribution < 1.29 is 13.7 Å². The Balaban J connectivity index is 2.15. The average molecular weight is 400 g/mol. The van der Waals surface area contributed by atoms with Crippen LogP contribution in [0, 0.1) is 6.92 Å². The molecule has 3 rings (SSSR count). The Kier molecular flexibility index (Phi) is 6.04. The summed E-state index contributed by atoms with van der Waals surface area (Å²) in [6.45, 7) is 6.94. The molecule has 6 nitrogen and oxygen atoms in total. The molecule has 0 aliphatic heterocycles. The van der Waals surface area contributed by atoms with Crippen molar-refractivity contribution in [2.45, 2.75) is 20.8 Å². The smallest absolute Gasteiger partial charge is 0.163 e. The van der Waals surface area contributed by atoms with E-state index in [0.29, 0.717) is 46.7 Å². The van der Waals surface area contributed by atoms with Crippen LogP contribution < -0.4 is 14.4 Å². The number of anilines is 1. The second kappa shape index (κ2) is 8.48. The quantitative estimate of drug-likeness (QED) is 0.486. The highest BCUT2D eigenvalue weighted by atomic mass is 32.1. The predicted molar refractivity (Wildman–Crippen MR) is 115 cm³/mol. The molecule has 0 spiro atoms. The van der Waals surface area contributed by atoms with Crippen molar-refractivity contribution in [3.05, 3.63) is 47.3 Å². The molecule has 3 aromatic rings. The SMILES string of the molecule is CCOc1cc2nc(C(=S=O)c3cc(C)ccc3N(C)C)[nH]c2cc1OCC. The molecule has 148 valence electrons. The van der Waals surface area contributed by atoms with Gasteiger partial charge in [-0.2, -0.15) is 0 Å². The number of aromatic amines is 1. The van der Waals surface area contributed by atoms with Gasteiger partial charge in [0.15, 0.2) is 17.3 Å². The molecule has 7 heteroatoms. The molecule has 0 radical (unpaired) electrons. The largest absolute Gasteiger partial charge is 0.490 e. The summed E-state index contributed by atoms with van der Waals surface area (Å²) in [5.74, 6) is 1.85. The first-order valence-corrected chi connectivity index (χ1v) is 9.97. The zero-order valence-electron chi connectivity index (χ0n) is 16.8. The highest BCUT2D eigenvalue weighted by molar-refractivity contribution is 7.67. The first kappa shape index (κ1) is 19.9. The monoisotopic (exact) mass is 399 g/mol. The summed E-state index contributed by atoms with van der Waals surface area (Å²) < 4.78 is 23.5. The summed E-state index contributed by atoms with van der Waals surface area (Å²) >= 11 is 0.444. The van der Waals surface area contributed by atoms with Gasteiger partial charge in [-0.05, 0) is 32.9 Å². The van der Waals surface area contributed by atoms with Crippen LogP contribution in [0.4, 0.5) is 5.69 Å². The molecule has 0 fully saturated rings. The summed E-state index contributed by atoms with van der Waals surface area (Å²) in [6.07, 6.45) is 0. The van der Waals surface area contributed by atoms with E-state index in [1.807, 2.05) is 70.1 Å². The third-order valence-electron chi connectivity index (χ3n) is 4.32. The van der Waals surface area contributed by atoms with Crippen LogP contribution in [0.15, 0.2) is 30.3 Å². The van der Waals surface area contributed by atoms with Crippen LogP contribution in [-0.2, 0) is 11.3 Å². The summed E-state index contributed by atoms with van der Waals surface area (Å²) in [4.78, 5) is 10.5. The van der Waals surface area contributed by atoms with Gasteiger partial charge >= 0.3 is 0 Å². The van der Waals surface area contributed by atoms with Crippen LogP contribution in [0.3, 0.4) is 0 Å². The number of aromatic nitrogens is 2. The van der Waals surface area contributed by atoms with Crippen LogP contribution in [0.5, 0.6) is 11.5 Å². The fraction of sp³-hybridized carbons (Fsp3) is 0.333. The lowest BCUT2D eigenvalue weighted by Crippen LogP contribution is -2.16. The highest BCUT2D eigenvalue weighted by Gasteiger charge is 2.18. The Labute approximate surface area is 168 Å². The minimum Gasteiger partial charge on any atom is -0.490 e. The van der Waals surface area contributed by atoms with Crippen molar-refractivity contribution in [3.8, 4) is 11.5 Å². The standard InChI is InChI=1S/C21H25N3O3S/c1-6-26-18-11-15-16(12-19(18)27-7-2)23-21(22-15)20(28-25)14-10-13(3)8-9-17(14)24(4)5/h8-12H,6-7H2,1-5H3,(H,22,23). The number of benzene rings is 2. The predicted octanol–water partition coefficient (Wildman–Crippen LogP) is 3.52. The van der Waals surface area contributed by atoms with Crippen molar-refractivity contribution in [2.24, 2.45) is 0 Å². The summed E-state index contributed by atoms with van der Waals surface area (Å²) in [7, 11) is 3.92. The third-order valence-corrected chi connectivity index (χ3v) is 4.90. The average Bonchev–Trinajstić information content (AvgIpc) is 3.05. The lowest BCUT2D eigenvalue weighted by Gasteiger charge is -2.17. The Bertz CT molecular complexity index is 1010. The Hall–Kier alpha value is -2.80. The first-order chi connectivity index (χ1) is 13.5. The molecule has 1 N–H and O–H groups in total. The number of hydrogen-bond donors (Lipinski definition) is 1. The Morgan fingerprint density at radius 1 is 1.11 bits per heavy atom. The first-order valence-electron chi connectivity index (χ1n) is 9.23. The molecule has 1 heterocycles. The fourth-order valence-corrected chi connectivity index (χ4v) is 3.52. The summed E-state index contributed by atoms with van der Waals surface area (Å²) in [6, 6.07) is 9.79. The topological polar surface area (TPSA) is 67.5 Å². The van der Waals surface area contributed by atoms with Gasteiger partial charge in [-0.15, -0.1) is 0 Å². The molecule has 0 saturated carbocycles. The normalized spacial score (nSPS) is 10.8. The lowest BCUT2D eigenvalue weighted by atomic mass is 10.1. The van der Waals surface area contributed by atoms with Gasteiger partial charge in [-0.25, -0.2) is 9.19 Å². The van der Waals surface area contributed by atoms with E-state index >= 15 is 0 Å². The fourth-order valence-electron chi connectivity index (χ4n) is 3.10. The summed E-state index contributed by atoms with van der Waals surface area (Å²) in [5, 5.41) is 0. The van der Waals surface area contributed by atoms with Gasteiger partial charge < -0.3 is 19.4 Å². The van der Waals surface area contributed by atoms with E-state index in [9.17, 15) is 4.21 Å². The van der Waals surface area contributed by atoms with Gasteiger partial charge in [-0.3, -0.25) is 0 Å². The minimum absolute atomic E-state index is 0.444. The van der Waals surface area contributed by atoms with Crippen molar-refractivity contribution in [1.29, 1.82) is 0 Å². The number of rotatable bonds is 7. The Morgan fingerprint density at radius 3 is 2.39 bits per heavy atom. The number of imidazole rings is 1. The third kappa shape index (κ3) is 3.89. The van der Waals surface area contributed by atoms with Gasteiger partial charge in [0.05, 0.1) is 24.2 Å². The zero-order valence-corrected chi connectivity index (χ0v) is 17.6. The molecular weight excluding hydrogens is 374 g/mol. The lowest BCUT2D eigenvalue weighted by molar-refractivity contribution is 0.288. The maximum Gasteiger partial charge on any atom is 0.163 e. The maximum atomic E-state index is 12.1. The molecule has 0 aliphatic carbocycles. The Morgan fingerprint density at radius 2 is 1.79 bits per heavy atom. The van der Waals surface area contributed by atoms with E-state index < -0.39 is 0 Å². The molecule has 0 unspecified atom stereocenters. The van der Waals surface area contributed by atoms with Crippen molar-refractivity contribution in [3.63, 3.8) is 0 Å². The van der Waals surface area contributed by atoms with Crippen LogP contribution in [0.1, 0.15) is 30.8 Å². The molecule has 0 atom stereocenters. The van der Waals surface area contributed by atoms with Crippen molar-refractivity contribution in [1.82, 2.24) is 9.97 Å². The van der Waals surface area contributed by atoms with Gasteiger partial charge in [0, 0.05) is 37.5 Å². The van der Waals surface area contributed by atoms with Crippen molar-refractivity contribution >= 4 is 32.8 Å². The van der Waals surface area contributed by atoms with Crippen LogP contribution in [0.2, 0.25) is 0 Å². The zero-order chi connectivity index (χ0) is 20.3. The molecule has 2 aromatic carbocycles. The molecule has 0 aliphatic rings. The second-order valence-corrected chi connectivity index (χ2v) is 7.17. The van der Waals surface area contributed by atoms with Crippen molar-refractivity contribution in [2.75, 3.05) is 32.2 Å². The summed E-state index contributed by atoms with van der Waals surface area (Å²) in [5.41, 5.74) is 4.44. The number of ether oxygens (including phenoxy) is 2. The van der Waals surface area contributed by atoms with E-state index in [4.69, 9.17) is 9.47 Å². The van der Waals surface area contributed by atoms with E-state index in [1.54, 1.807) is 0 Å². The number of fused-ring (bicyclic) bond motifs is 1. The number of nitrogens with one attached hydrogen (secondary N) is 1. The number of H-pyrrole nitrogens is 1.